The molecule has 2 nitrogen and oxygen atoms in total. The van der Waals surface area contributed by atoms with Gasteiger partial charge in [0.15, 0.2) is 0 Å². The van der Waals surface area contributed by atoms with Gasteiger partial charge in [-0.2, -0.15) is 0 Å². The van der Waals surface area contributed by atoms with Crippen molar-refractivity contribution in [3.8, 4) is 0 Å². The second-order valence-electron chi connectivity index (χ2n) is 6.33. The number of rotatable bonds is 0. The van der Waals surface area contributed by atoms with Gasteiger partial charge in [0.1, 0.15) is 11.2 Å². The summed E-state index contributed by atoms with van der Waals surface area (Å²) in [5, 5.41) is 7.22. The van der Waals surface area contributed by atoms with Gasteiger partial charge in [-0.3, -0.25) is 0 Å². The lowest BCUT2D eigenvalue weighted by Gasteiger charge is -1.97. The molecule has 24 heavy (non-hydrogen) atoms. The van der Waals surface area contributed by atoms with Crippen molar-refractivity contribution < 1.29 is 4.42 Å². The van der Waals surface area contributed by atoms with Gasteiger partial charge in [-0.15, -0.1) is 0 Å². The molecule has 0 aliphatic carbocycles. The molecule has 2 heteroatoms. The molecule has 1 N–H and O–H groups in total. The van der Waals surface area contributed by atoms with E-state index in [1.165, 1.54) is 32.3 Å². The van der Waals surface area contributed by atoms with E-state index in [0.717, 1.165) is 22.2 Å². The molecule has 4 aromatic carbocycles. The summed E-state index contributed by atoms with van der Waals surface area (Å²) >= 11 is 0. The maximum absolute atomic E-state index is 6.25. The molecule has 0 amide bonds. The van der Waals surface area contributed by atoms with Gasteiger partial charge in [-0.1, -0.05) is 48.5 Å². The number of hydrogen-bond acceptors (Lipinski definition) is 1. The zero-order chi connectivity index (χ0) is 15.7. The average molecular weight is 307 g/mol. The molecule has 2 aromatic heterocycles. The third kappa shape index (κ3) is 1.45. The minimum Gasteiger partial charge on any atom is -0.455 e. The van der Waals surface area contributed by atoms with Crippen molar-refractivity contribution >= 4 is 54.5 Å². The van der Waals surface area contributed by atoms with Gasteiger partial charge in [0.25, 0.3) is 0 Å². The Bertz CT molecular complexity index is 1400. The minimum atomic E-state index is 0.931. The molecule has 0 unspecified atom stereocenters. The van der Waals surface area contributed by atoms with Crippen molar-refractivity contribution in [2.45, 2.75) is 0 Å². The van der Waals surface area contributed by atoms with E-state index in [-0.39, 0.29) is 0 Å². The van der Waals surface area contributed by atoms with E-state index in [2.05, 4.69) is 77.8 Å². The van der Waals surface area contributed by atoms with Crippen molar-refractivity contribution in [2.75, 3.05) is 0 Å². The molecule has 0 spiro atoms. The number of fused-ring (bicyclic) bond motifs is 8. The standard InChI is InChI=1S/C22H13NO/c1-2-6-14-13(5-1)9-10-16-18-11-17-15-7-3-4-8-19(15)23-20(17)12-21(18)24-22(14)16/h1-12,23H. The SMILES string of the molecule is c1ccc2c(c1)ccc1c3cc4c(cc3oc21)[nH]c1ccccc14. The van der Waals surface area contributed by atoms with Gasteiger partial charge in [0, 0.05) is 38.5 Å². The number of benzene rings is 4. The Balaban J connectivity index is 1.84. The summed E-state index contributed by atoms with van der Waals surface area (Å²) in [6.45, 7) is 0. The van der Waals surface area contributed by atoms with Crippen LogP contribution in [0.4, 0.5) is 0 Å². The first kappa shape index (κ1) is 12.2. The fourth-order valence-corrected chi connectivity index (χ4v) is 3.85. The third-order valence-corrected chi connectivity index (χ3v) is 4.99. The predicted octanol–water partition coefficient (Wildman–Crippen LogP) is 6.37. The summed E-state index contributed by atoms with van der Waals surface area (Å²) in [6, 6.07) is 25.5. The monoisotopic (exact) mass is 307 g/mol. The fraction of sp³-hybridized carbons (Fsp3) is 0. The van der Waals surface area contributed by atoms with Crippen LogP contribution in [-0.4, -0.2) is 4.98 Å². The summed E-state index contributed by atoms with van der Waals surface area (Å²) < 4.78 is 6.25. The first-order valence-electron chi connectivity index (χ1n) is 8.13. The molecule has 0 atom stereocenters. The van der Waals surface area contributed by atoms with Crippen LogP contribution >= 0.6 is 0 Å². The fourth-order valence-electron chi connectivity index (χ4n) is 3.85. The van der Waals surface area contributed by atoms with E-state index in [1.807, 2.05) is 0 Å². The molecule has 0 aliphatic heterocycles. The van der Waals surface area contributed by atoms with Crippen molar-refractivity contribution in [1.29, 1.82) is 0 Å². The van der Waals surface area contributed by atoms with Crippen LogP contribution in [0.5, 0.6) is 0 Å². The number of aromatic nitrogens is 1. The van der Waals surface area contributed by atoms with Crippen molar-refractivity contribution in [3.05, 3.63) is 72.8 Å². The molecule has 0 aliphatic rings. The summed E-state index contributed by atoms with van der Waals surface area (Å²) in [5.74, 6) is 0. The summed E-state index contributed by atoms with van der Waals surface area (Å²) in [5.41, 5.74) is 4.18. The van der Waals surface area contributed by atoms with Crippen LogP contribution in [0.15, 0.2) is 77.2 Å². The number of H-pyrrole nitrogens is 1. The second kappa shape index (κ2) is 4.18. The van der Waals surface area contributed by atoms with E-state index < -0.39 is 0 Å². The van der Waals surface area contributed by atoms with Crippen LogP contribution < -0.4 is 0 Å². The number of para-hydroxylation sites is 1. The number of aromatic amines is 1. The van der Waals surface area contributed by atoms with Crippen molar-refractivity contribution in [2.24, 2.45) is 0 Å². The summed E-state index contributed by atoms with van der Waals surface area (Å²) in [7, 11) is 0. The highest BCUT2D eigenvalue weighted by molar-refractivity contribution is 6.19. The van der Waals surface area contributed by atoms with Gasteiger partial charge >= 0.3 is 0 Å². The molecule has 112 valence electrons. The van der Waals surface area contributed by atoms with Crippen molar-refractivity contribution in [3.63, 3.8) is 0 Å². The maximum Gasteiger partial charge on any atom is 0.143 e. The number of furan rings is 1. The molecule has 0 saturated carbocycles. The Kier molecular flexibility index (Phi) is 2.12. The molecule has 0 saturated heterocycles. The van der Waals surface area contributed by atoms with Crippen LogP contribution in [0, 0.1) is 0 Å². The van der Waals surface area contributed by atoms with E-state index >= 15 is 0 Å². The molecule has 6 aromatic rings. The zero-order valence-electron chi connectivity index (χ0n) is 12.8. The molecule has 0 radical (unpaired) electrons. The maximum atomic E-state index is 6.25. The lowest BCUT2D eigenvalue weighted by atomic mass is 10.0. The molecule has 6 rings (SSSR count). The molecular formula is C22H13NO. The van der Waals surface area contributed by atoms with Crippen molar-refractivity contribution in [1.82, 2.24) is 4.98 Å². The molecular weight excluding hydrogens is 294 g/mol. The Morgan fingerprint density at radius 2 is 1.42 bits per heavy atom. The average Bonchev–Trinajstić information content (AvgIpc) is 3.17. The second-order valence-corrected chi connectivity index (χ2v) is 6.33. The van der Waals surface area contributed by atoms with E-state index in [0.29, 0.717) is 0 Å². The third-order valence-electron chi connectivity index (χ3n) is 4.99. The normalized spacial score (nSPS) is 12.2. The highest BCUT2D eigenvalue weighted by Gasteiger charge is 2.13. The lowest BCUT2D eigenvalue weighted by Crippen LogP contribution is -1.72. The van der Waals surface area contributed by atoms with E-state index in [1.54, 1.807) is 0 Å². The highest BCUT2D eigenvalue weighted by atomic mass is 16.3. The smallest absolute Gasteiger partial charge is 0.143 e. The first-order valence-corrected chi connectivity index (χ1v) is 8.13. The number of nitrogens with one attached hydrogen (secondary N) is 1. The quantitative estimate of drug-likeness (QED) is 0.347. The predicted molar refractivity (Wildman–Crippen MR) is 101 cm³/mol. The van der Waals surface area contributed by atoms with Crippen LogP contribution in [0.2, 0.25) is 0 Å². The summed E-state index contributed by atoms with van der Waals surface area (Å²) in [6.07, 6.45) is 0. The molecule has 0 fully saturated rings. The van der Waals surface area contributed by atoms with Crippen LogP contribution in [0.25, 0.3) is 54.5 Å². The number of hydrogen-bond donors (Lipinski definition) is 1. The van der Waals surface area contributed by atoms with Crippen LogP contribution in [0.1, 0.15) is 0 Å². The van der Waals surface area contributed by atoms with Gasteiger partial charge in [0.2, 0.25) is 0 Å². The minimum absolute atomic E-state index is 0.931. The van der Waals surface area contributed by atoms with E-state index in [4.69, 9.17) is 4.42 Å². The first-order chi connectivity index (χ1) is 11.9. The van der Waals surface area contributed by atoms with Gasteiger partial charge in [-0.05, 0) is 23.6 Å². The zero-order valence-corrected chi connectivity index (χ0v) is 12.8. The Morgan fingerprint density at radius 3 is 2.38 bits per heavy atom. The lowest BCUT2D eigenvalue weighted by molar-refractivity contribution is 0.673. The Labute approximate surface area is 137 Å². The molecule has 0 bridgehead atoms. The van der Waals surface area contributed by atoms with E-state index in [9.17, 15) is 0 Å². The van der Waals surface area contributed by atoms with Gasteiger partial charge in [0.05, 0.1) is 5.52 Å². The highest BCUT2D eigenvalue weighted by Crippen LogP contribution is 2.37. The Hall–Kier alpha value is -3.26. The van der Waals surface area contributed by atoms with Gasteiger partial charge < -0.3 is 9.40 Å². The van der Waals surface area contributed by atoms with Crippen LogP contribution in [0.3, 0.4) is 0 Å². The molecule has 2 heterocycles. The van der Waals surface area contributed by atoms with Gasteiger partial charge in [-0.25, -0.2) is 0 Å². The topological polar surface area (TPSA) is 28.9 Å². The van der Waals surface area contributed by atoms with Crippen LogP contribution in [-0.2, 0) is 0 Å². The Morgan fingerprint density at radius 1 is 0.583 bits per heavy atom. The summed E-state index contributed by atoms with van der Waals surface area (Å²) in [4.78, 5) is 3.49. The largest absolute Gasteiger partial charge is 0.455 e.